The smallest absolute Gasteiger partial charge is 0.335 e. The van der Waals surface area contributed by atoms with Gasteiger partial charge in [0.05, 0.1) is 10.9 Å². The van der Waals surface area contributed by atoms with Crippen LogP contribution in [0.4, 0.5) is 0 Å². The third-order valence-corrected chi connectivity index (χ3v) is 1.95. The van der Waals surface area contributed by atoms with Crippen molar-refractivity contribution in [2.75, 3.05) is 0 Å². The minimum Gasteiger partial charge on any atom is -0.478 e. The molecule has 1 aromatic heterocycles. The van der Waals surface area contributed by atoms with E-state index in [0.717, 1.165) is 0 Å². The second kappa shape index (κ2) is 2.74. The molecule has 0 saturated carbocycles. The summed E-state index contributed by atoms with van der Waals surface area (Å²) in [5.41, 5.74) is 0.533. The number of fused-ring (bicyclic) bond motifs is 1. The van der Waals surface area contributed by atoms with Gasteiger partial charge in [0.15, 0.2) is 10.7 Å². The maximum atomic E-state index is 10.6. The molecule has 5 heteroatoms. The molecule has 0 fully saturated rings. The monoisotopic (exact) mass is 197 g/mol. The van der Waals surface area contributed by atoms with Gasteiger partial charge in [-0.15, -0.1) is 0 Å². The van der Waals surface area contributed by atoms with Crippen molar-refractivity contribution in [2.45, 2.75) is 0 Å². The van der Waals surface area contributed by atoms with Crippen molar-refractivity contribution in [1.82, 2.24) is 5.16 Å². The number of hydrogen-bond acceptors (Lipinski definition) is 3. The van der Waals surface area contributed by atoms with E-state index in [0.29, 0.717) is 11.0 Å². The standard InChI is InChI=1S/C8H4ClNO3/c9-7-5-2-1-4(8(11)12)3-6(5)13-10-7/h1-3H,(H,11,12). The zero-order chi connectivity index (χ0) is 9.42. The number of aromatic nitrogens is 1. The molecule has 2 rings (SSSR count). The maximum Gasteiger partial charge on any atom is 0.335 e. The molecule has 66 valence electrons. The topological polar surface area (TPSA) is 63.3 Å². The van der Waals surface area contributed by atoms with Crippen LogP contribution in [0.3, 0.4) is 0 Å². The van der Waals surface area contributed by atoms with Crippen LogP contribution >= 0.6 is 11.6 Å². The molecule has 0 unspecified atom stereocenters. The van der Waals surface area contributed by atoms with Crippen molar-refractivity contribution in [3.63, 3.8) is 0 Å². The number of carboxylic acid groups (broad SMARTS) is 1. The van der Waals surface area contributed by atoms with Gasteiger partial charge in [0.2, 0.25) is 0 Å². The average Bonchev–Trinajstić information content (AvgIpc) is 2.47. The van der Waals surface area contributed by atoms with Crippen molar-refractivity contribution in [3.8, 4) is 0 Å². The van der Waals surface area contributed by atoms with Crippen LogP contribution in [0.2, 0.25) is 5.15 Å². The molecule has 2 aromatic rings. The van der Waals surface area contributed by atoms with Gasteiger partial charge < -0.3 is 9.63 Å². The SMILES string of the molecule is O=C(O)c1ccc2c(Cl)noc2c1. The maximum absolute atomic E-state index is 10.6. The van der Waals surface area contributed by atoms with Crippen molar-refractivity contribution >= 4 is 28.5 Å². The van der Waals surface area contributed by atoms with Crippen molar-refractivity contribution in [2.24, 2.45) is 0 Å². The lowest BCUT2D eigenvalue weighted by atomic mass is 10.2. The minimum absolute atomic E-state index is 0.153. The Hall–Kier alpha value is -1.55. The van der Waals surface area contributed by atoms with Crippen LogP contribution in [0.15, 0.2) is 22.7 Å². The summed E-state index contributed by atoms with van der Waals surface area (Å²) in [7, 11) is 0. The van der Waals surface area contributed by atoms with Crippen molar-refractivity contribution in [1.29, 1.82) is 0 Å². The first-order chi connectivity index (χ1) is 6.18. The third-order valence-electron chi connectivity index (χ3n) is 1.67. The molecule has 0 amide bonds. The van der Waals surface area contributed by atoms with Gasteiger partial charge in [0, 0.05) is 0 Å². The Labute approximate surface area is 77.7 Å². The molecule has 0 radical (unpaired) electrons. The Kier molecular flexibility index (Phi) is 1.70. The van der Waals surface area contributed by atoms with Crippen LogP contribution in [-0.4, -0.2) is 16.2 Å². The molecule has 0 aliphatic heterocycles. The van der Waals surface area contributed by atoms with E-state index in [-0.39, 0.29) is 10.7 Å². The number of halogens is 1. The van der Waals surface area contributed by atoms with E-state index in [9.17, 15) is 4.79 Å². The summed E-state index contributed by atoms with van der Waals surface area (Å²) in [5, 5.41) is 13.0. The highest BCUT2D eigenvalue weighted by Gasteiger charge is 2.09. The summed E-state index contributed by atoms with van der Waals surface area (Å²) in [4.78, 5) is 10.6. The Morgan fingerprint density at radius 3 is 3.00 bits per heavy atom. The summed E-state index contributed by atoms with van der Waals surface area (Å²) in [6.45, 7) is 0. The van der Waals surface area contributed by atoms with Gasteiger partial charge in [0.1, 0.15) is 0 Å². The van der Waals surface area contributed by atoms with Gasteiger partial charge in [-0.2, -0.15) is 0 Å². The third kappa shape index (κ3) is 1.25. The van der Waals surface area contributed by atoms with Gasteiger partial charge >= 0.3 is 5.97 Å². The largest absolute Gasteiger partial charge is 0.478 e. The van der Waals surface area contributed by atoms with Gasteiger partial charge in [-0.1, -0.05) is 16.8 Å². The fourth-order valence-corrected chi connectivity index (χ4v) is 1.23. The first kappa shape index (κ1) is 8.07. The molecule has 1 heterocycles. The highest BCUT2D eigenvalue weighted by atomic mass is 35.5. The normalized spacial score (nSPS) is 10.5. The molecule has 0 bridgehead atoms. The zero-order valence-electron chi connectivity index (χ0n) is 6.32. The fourth-order valence-electron chi connectivity index (χ4n) is 1.04. The van der Waals surface area contributed by atoms with E-state index in [1.807, 2.05) is 0 Å². The van der Waals surface area contributed by atoms with Crippen LogP contribution in [0.5, 0.6) is 0 Å². The Balaban J connectivity index is 2.70. The highest BCUT2D eigenvalue weighted by Crippen LogP contribution is 2.23. The second-order valence-corrected chi connectivity index (χ2v) is 2.85. The number of nitrogens with zero attached hydrogens (tertiary/aromatic N) is 1. The van der Waals surface area contributed by atoms with Gasteiger partial charge in [-0.3, -0.25) is 0 Å². The van der Waals surface area contributed by atoms with E-state index in [2.05, 4.69) is 5.16 Å². The van der Waals surface area contributed by atoms with Crippen LogP contribution in [0, 0.1) is 0 Å². The molecule has 13 heavy (non-hydrogen) atoms. The average molecular weight is 198 g/mol. The van der Waals surface area contributed by atoms with E-state index >= 15 is 0 Å². The predicted molar refractivity (Wildman–Crippen MR) is 46.0 cm³/mol. The molecule has 0 aliphatic carbocycles. The van der Waals surface area contributed by atoms with Gasteiger partial charge in [0.25, 0.3) is 0 Å². The lowest BCUT2D eigenvalue weighted by Gasteiger charge is -1.91. The van der Waals surface area contributed by atoms with Crippen LogP contribution in [0.1, 0.15) is 10.4 Å². The Morgan fingerprint density at radius 1 is 1.54 bits per heavy atom. The van der Waals surface area contributed by atoms with Crippen molar-refractivity contribution < 1.29 is 14.4 Å². The van der Waals surface area contributed by atoms with E-state index < -0.39 is 5.97 Å². The van der Waals surface area contributed by atoms with Crippen LogP contribution in [0.25, 0.3) is 11.0 Å². The van der Waals surface area contributed by atoms with E-state index in [4.69, 9.17) is 21.2 Å². The van der Waals surface area contributed by atoms with Crippen molar-refractivity contribution in [3.05, 3.63) is 28.9 Å². The molecule has 0 saturated heterocycles. The number of benzene rings is 1. The van der Waals surface area contributed by atoms with Crippen LogP contribution < -0.4 is 0 Å². The lowest BCUT2D eigenvalue weighted by molar-refractivity contribution is 0.0697. The first-order valence-corrected chi connectivity index (χ1v) is 3.84. The summed E-state index contributed by atoms with van der Waals surface area (Å²) in [5.74, 6) is -1.01. The van der Waals surface area contributed by atoms with Gasteiger partial charge in [-0.25, -0.2) is 4.79 Å². The molecule has 0 aliphatic rings. The molecular formula is C8H4ClNO3. The molecule has 0 atom stereocenters. The van der Waals surface area contributed by atoms with E-state index in [1.54, 1.807) is 6.07 Å². The molecule has 0 spiro atoms. The molecule has 1 aromatic carbocycles. The number of carbonyl (C=O) groups is 1. The summed E-state index contributed by atoms with van der Waals surface area (Å²) < 4.78 is 4.79. The minimum atomic E-state index is -1.01. The Morgan fingerprint density at radius 2 is 2.31 bits per heavy atom. The number of carboxylic acids is 1. The zero-order valence-corrected chi connectivity index (χ0v) is 7.08. The van der Waals surface area contributed by atoms with Crippen LogP contribution in [-0.2, 0) is 0 Å². The molecular weight excluding hydrogens is 194 g/mol. The lowest BCUT2D eigenvalue weighted by Crippen LogP contribution is -1.94. The van der Waals surface area contributed by atoms with E-state index in [1.165, 1.54) is 12.1 Å². The molecule has 1 N–H and O–H groups in total. The molecule has 4 nitrogen and oxygen atoms in total. The fraction of sp³-hybridized carbons (Fsp3) is 0. The number of hydrogen-bond donors (Lipinski definition) is 1. The second-order valence-electron chi connectivity index (χ2n) is 2.49. The van der Waals surface area contributed by atoms with Gasteiger partial charge in [-0.05, 0) is 18.2 Å². The number of aromatic carboxylic acids is 1. The predicted octanol–water partition coefficient (Wildman–Crippen LogP) is 2.18. The highest BCUT2D eigenvalue weighted by molar-refractivity contribution is 6.34. The quantitative estimate of drug-likeness (QED) is 0.761. The summed E-state index contributed by atoms with van der Waals surface area (Å²) in [6.07, 6.45) is 0. The number of rotatable bonds is 1. The summed E-state index contributed by atoms with van der Waals surface area (Å²) in [6, 6.07) is 4.40. The summed E-state index contributed by atoms with van der Waals surface area (Å²) >= 11 is 5.65. The first-order valence-electron chi connectivity index (χ1n) is 3.47. The Bertz CT molecular complexity index is 477.